The van der Waals surface area contributed by atoms with Gasteiger partial charge < -0.3 is 15.3 Å². The van der Waals surface area contributed by atoms with Gasteiger partial charge in [-0.25, -0.2) is 0 Å². The topological polar surface area (TPSA) is 52.3 Å². The Balaban J connectivity index is 2.41. The average Bonchev–Trinajstić information content (AvgIpc) is 2.11. The van der Waals surface area contributed by atoms with Gasteiger partial charge in [0, 0.05) is 5.92 Å². The number of ether oxygens (including phenoxy) is 1. The van der Waals surface area contributed by atoms with Gasteiger partial charge in [-0.3, -0.25) is 0 Å². The molecule has 0 saturated carbocycles. The highest BCUT2D eigenvalue weighted by Crippen LogP contribution is 2.18. The maximum absolute atomic E-state index is 10.6. The lowest BCUT2D eigenvalue weighted by molar-refractivity contribution is -0.111. The molecule has 0 fully saturated rings. The fourth-order valence-electron chi connectivity index (χ4n) is 1.58. The molecule has 0 saturated heterocycles. The van der Waals surface area contributed by atoms with Crippen LogP contribution in [-0.2, 0) is 9.53 Å². The van der Waals surface area contributed by atoms with Crippen molar-refractivity contribution in [3.63, 3.8) is 0 Å². The Bertz CT molecular complexity index is 180. The molecule has 0 aliphatic heterocycles. The first kappa shape index (κ1) is 10.4. The van der Waals surface area contributed by atoms with Gasteiger partial charge >= 0.3 is 0 Å². The van der Waals surface area contributed by atoms with Crippen molar-refractivity contribution in [2.75, 3.05) is 6.73 Å². The normalized spacial score (nSPS) is 31.8. The third-order valence-corrected chi connectivity index (χ3v) is 2.38. The van der Waals surface area contributed by atoms with E-state index in [-0.39, 0.29) is 18.8 Å². The highest BCUT2D eigenvalue weighted by atomic mass is 16.5. The third kappa shape index (κ3) is 3.70. The molecule has 2 N–H and O–H groups in total. The van der Waals surface area contributed by atoms with Gasteiger partial charge in [-0.1, -0.05) is 12.2 Å². The van der Waals surface area contributed by atoms with Crippen molar-refractivity contribution in [3.8, 4) is 0 Å². The maximum Gasteiger partial charge on any atom is 0.123 e. The van der Waals surface area contributed by atoms with Crippen LogP contribution in [0.5, 0.6) is 0 Å². The first-order chi connectivity index (χ1) is 6.36. The second-order valence-corrected chi connectivity index (χ2v) is 3.35. The van der Waals surface area contributed by atoms with Gasteiger partial charge in [0.15, 0.2) is 0 Å². The van der Waals surface area contributed by atoms with Crippen LogP contribution in [0.25, 0.3) is 0 Å². The number of carbonyl (C=O) groups excluding carboxylic acids is 1. The predicted octanol–water partition coefficient (Wildman–Crippen LogP) is 1.23. The van der Waals surface area contributed by atoms with Gasteiger partial charge in [0.2, 0.25) is 0 Å². The van der Waals surface area contributed by atoms with E-state index in [0.717, 1.165) is 32.0 Å². The largest absolute Gasteiger partial charge is 0.359 e. The summed E-state index contributed by atoms with van der Waals surface area (Å²) in [4.78, 5) is 10.6. The summed E-state index contributed by atoms with van der Waals surface area (Å²) in [6, 6.07) is 0. The van der Waals surface area contributed by atoms with Crippen molar-refractivity contribution in [2.45, 2.75) is 31.8 Å². The second-order valence-electron chi connectivity index (χ2n) is 3.35. The molecule has 0 amide bonds. The van der Waals surface area contributed by atoms with Crippen LogP contribution in [0.15, 0.2) is 12.2 Å². The summed E-state index contributed by atoms with van der Waals surface area (Å²) < 4.78 is 5.29. The highest BCUT2D eigenvalue weighted by Gasteiger charge is 2.13. The first-order valence-corrected chi connectivity index (χ1v) is 4.80. The van der Waals surface area contributed by atoms with Gasteiger partial charge in [0.1, 0.15) is 6.29 Å². The van der Waals surface area contributed by atoms with Crippen LogP contribution in [0.4, 0.5) is 0 Å². The summed E-state index contributed by atoms with van der Waals surface area (Å²) in [6.07, 6.45) is 9.04. The molecule has 0 bridgehead atoms. The van der Waals surface area contributed by atoms with Crippen LogP contribution in [0.1, 0.15) is 25.7 Å². The second kappa shape index (κ2) is 5.89. The smallest absolute Gasteiger partial charge is 0.123 e. The standard InChI is InChI=1S/C10H17NO2/c11-8-13-10-4-2-1-3-9(7-12)5-6-10/h2,4,7,9-10H,1,3,5-6,8,11H2/b4-2+. The van der Waals surface area contributed by atoms with Crippen LogP contribution in [0, 0.1) is 5.92 Å². The van der Waals surface area contributed by atoms with Crippen molar-refractivity contribution in [1.29, 1.82) is 0 Å². The van der Waals surface area contributed by atoms with E-state index in [1.807, 2.05) is 6.08 Å². The summed E-state index contributed by atoms with van der Waals surface area (Å²) in [5.74, 6) is 0.203. The Hall–Kier alpha value is -0.670. The fourth-order valence-corrected chi connectivity index (χ4v) is 1.58. The first-order valence-electron chi connectivity index (χ1n) is 4.80. The van der Waals surface area contributed by atoms with E-state index in [2.05, 4.69) is 6.08 Å². The molecule has 1 aliphatic carbocycles. The monoisotopic (exact) mass is 183 g/mol. The lowest BCUT2D eigenvalue weighted by Crippen LogP contribution is -2.18. The van der Waals surface area contributed by atoms with E-state index in [4.69, 9.17) is 10.5 Å². The zero-order valence-electron chi connectivity index (χ0n) is 7.82. The number of nitrogens with two attached hydrogens (primary N) is 1. The quantitative estimate of drug-likeness (QED) is 0.407. The molecule has 0 radical (unpaired) electrons. The van der Waals surface area contributed by atoms with Crippen LogP contribution in [0.2, 0.25) is 0 Å². The summed E-state index contributed by atoms with van der Waals surface area (Å²) in [5.41, 5.74) is 5.29. The van der Waals surface area contributed by atoms with Gasteiger partial charge in [-0.05, 0) is 25.7 Å². The Labute approximate surface area is 78.9 Å². The molecule has 1 rings (SSSR count). The molecule has 74 valence electrons. The number of rotatable bonds is 3. The minimum Gasteiger partial charge on any atom is -0.359 e. The average molecular weight is 183 g/mol. The predicted molar refractivity (Wildman–Crippen MR) is 51.1 cm³/mol. The van der Waals surface area contributed by atoms with E-state index >= 15 is 0 Å². The lowest BCUT2D eigenvalue weighted by Gasteiger charge is -2.17. The number of allylic oxidation sites excluding steroid dienone is 1. The Morgan fingerprint density at radius 3 is 3.00 bits per heavy atom. The third-order valence-electron chi connectivity index (χ3n) is 2.38. The van der Waals surface area contributed by atoms with Crippen LogP contribution >= 0.6 is 0 Å². The summed E-state index contributed by atoms with van der Waals surface area (Å²) in [7, 11) is 0. The van der Waals surface area contributed by atoms with E-state index in [9.17, 15) is 4.79 Å². The molecular weight excluding hydrogens is 166 g/mol. The Morgan fingerprint density at radius 2 is 2.31 bits per heavy atom. The number of hydrogen-bond acceptors (Lipinski definition) is 3. The number of aldehydes is 1. The van der Waals surface area contributed by atoms with E-state index in [1.165, 1.54) is 0 Å². The molecule has 2 unspecified atom stereocenters. The molecule has 0 aromatic heterocycles. The van der Waals surface area contributed by atoms with Crippen LogP contribution in [-0.4, -0.2) is 19.1 Å². The molecule has 0 spiro atoms. The molecule has 0 aromatic rings. The van der Waals surface area contributed by atoms with Gasteiger partial charge in [-0.2, -0.15) is 0 Å². The summed E-state index contributed by atoms with van der Waals surface area (Å²) in [5, 5.41) is 0. The molecule has 0 heterocycles. The van der Waals surface area contributed by atoms with E-state index in [0.29, 0.717) is 0 Å². The van der Waals surface area contributed by atoms with Crippen LogP contribution < -0.4 is 5.73 Å². The van der Waals surface area contributed by atoms with Gasteiger partial charge in [-0.15, -0.1) is 0 Å². The zero-order chi connectivity index (χ0) is 9.52. The molecular formula is C10H17NO2. The fraction of sp³-hybridized carbons (Fsp3) is 0.700. The van der Waals surface area contributed by atoms with Crippen molar-refractivity contribution < 1.29 is 9.53 Å². The lowest BCUT2D eigenvalue weighted by atomic mass is 9.94. The zero-order valence-corrected chi connectivity index (χ0v) is 7.82. The number of carbonyl (C=O) groups is 1. The number of hydrogen-bond donors (Lipinski definition) is 1. The Morgan fingerprint density at radius 1 is 1.46 bits per heavy atom. The van der Waals surface area contributed by atoms with Crippen LogP contribution in [0.3, 0.4) is 0 Å². The molecule has 0 aromatic carbocycles. The van der Waals surface area contributed by atoms with Gasteiger partial charge in [0.05, 0.1) is 12.8 Å². The van der Waals surface area contributed by atoms with Gasteiger partial charge in [0.25, 0.3) is 0 Å². The molecule has 3 nitrogen and oxygen atoms in total. The van der Waals surface area contributed by atoms with Crippen molar-refractivity contribution in [1.82, 2.24) is 0 Å². The Kier molecular flexibility index (Phi) is 4.72. The van der Waals surface area contributed by atoms with Crippen molar-refractivity contribution in [2.24, 2.45) is 11.7 Å². The molecule has 3 heteroatoms. The van der Waals surface area contributed by atoms with Crippen molar-refractivity contribution in [3.05, 3.63) is 12.2 Å². The highest BCUT2D eigenvalue weighted by molar-refractivity contribution is 5.53. The molecule has 1 aliphatic rings. The minimum atomic E-state index is 0.104. The van der Waals surface area contributed by atoms with Crippen molar-refractivity contribution >= 4 is 6.29 Å². The molecule has 2 atom stereocenters. The SMILES string of the molecule is NCOC1/C=C/CCC(C=O)CC1. The minimum absolute atomic E-state index is 0.104. The van der Waals surface area contributed by atoms with E-state index in [1.54, 1.807) is 0 Å². The summed E-state index contributed by atoms with van der Waals surface area (Å²) in [6.45, 7) is 0.251. The summed E-state index contributed by atoms with van der Waals surface area (Å²) >= 11 is 0. The maximum atomic E-state index is 10.6. The van der Waals surface area contributed by atoms with E-state index < -0.39 is 0 Å². The molecule has 13 heavy (non-hydrogen) atoms.